The fraction of sp³-hybridized carbons (Fsp3) is 0.516. The molecule has 2 N–H and O–H groups in total. The first-order chi connectivity index (χ1) is 19.3. The van der Waals surface area contributed by atoms with Crippen LogP contribution in [0, 0.1) is 6.92 Å². The number of aryl methyl sites for hydroxylation is 1. The molecule has 40 heavy (non-hydrogen) atoms. The Balaban J connectivity index is 0.000000897. The minimum atomic E-state index is -0.731. The first-order valence-corrected chi connectivity index (χ1v) is 14.0. The third kappa shape index (κ3) is 18.0. The van der Waals surface area contributed by atoms with E-state index in [1.807, 2.05) is 73.3 Å². The van der Waals surface area contributed by atoms with Gasteiger partial charge in [0.15, 0.2) is 0 Å². The molecule has 0 aliphatic carbocycles. The van der Waals surface area contributed by atoms with Crippen LogP contribution < -0.4 is 15.4 Å². The van der Waals surface area contributed by atoms with Crippen molar-refractivity contribution < 1.29 is 28.6 Å². The zero-order chi connectivity index (χ0) is 30.2. The summed E-state index contributed by atoms with van der Waals surface area (Å²) < 4.78 is 15.3. The van der Waals surface area contributed by atoms with Crippen LogP contribution in [0.15, 0.2) is 54.6 Å². The maximum absolute atomic E-state index is 12.0. The Bertz CT molecular complexity index is 932. The summed E-state index contributed by atoms with van der Waals surface area (Å²) in [7, 11) is 1.67. The van der Waals surface area contributed by atoms with Crippen molar-refractivity contribution in [2.75, 3.05) is 46.5 Å². The maximum atomic E-state index is 12.0. The van der Waals surface area contributed by atoms with Gasteiger partial charge in [-0.25, -0.2) is 0 Å². The number of nitrogens with one attached hydrogen (secondary N) is 2. The van der Waals surface area contributed by atoms with Gasteiger partial charge in [-0.05, 0) is 31.5 Å². The fourth-order valence-corrected chi connectivity index (χ4v) is 3.09. The van der Waals surface area contributed by atoms with Crippen molar-refractivity contribution >= 4 is 17.8 Å². The van der Waals surface area contributed by atoms with Gasteiger partial charge in [0.25, 0.3) is 0 Å². The van der Waals surface area contributed by atoms with Gasteiger partial charge in [-0.15, -0.1) is 0 Å². The van der Waals surface area contributed by atoms with Gasteiger partial charge in [0, 0.05) is 13.1 Å². The topological polar surface area (TPSA) is 106 Å². The van der Waals surface area contributed by atoms with E-state index in [2.05, 4.69) is 31.4 Å². The van der Waals surface area contributed by atoms with E-state index in [4.69, 9.17) is 14.2 Å². The number of rotatable bonds is 9. The highest BCUT2D eigenvalue weighted by atomic mass is 16.5. The summed E-state index contributed by atoms with van der Waals surface area (Å²) in [5.74, 6) is -0.284. The van der Waals surface area contributed by atoms with Gasteiger partial charge in [-0.2, -0.15) is 0 Å². The molecule has 1 atom stereocenters. The van der Waals surface area contributed by atoms with Gasteiger partial charge in [-0.1, -0.05) is 82.1 Å². The summed E-state index contributed by atoms with van der Waals surface area (Å²) in [4.78, 5) is 37.6. The van der Waals surface area contributed by atoms with Crippen molar-refractivity contribution in [3.63, 3.8) is 0 Å². The lowest BCUT2D eigenvalue weighted by molar-refractivity contribution is -0.145. The number of benzene rings is 2. The molecular formula is C31H49N3O6. The molecule has 1 unspecified atom stereocenters. The van der Waals surface area contributed by atoms with E-state index in [1.54, 1.807) is 14.0 Å². The van der Waals surface area contributed by atoms with Gasteiger partial charge in [-0.3, -0.25) is 19.3 Å². The molecule has 9 nitrogen and oxygen atoms in total. The summed E-state index contributed by atoms with van der Waals surface area (Å²) in [6.45, 7) is 14.6. The molecule has 2 aromatic rings. The van der Waals surface area contributed by atoms with Crippen LogP contribution in [-0.2, 0) is 30.5 Å². The van der Waals surface area contributed by atoms with Crippen LogP contribution in [0.2, 0.25) is 0 Å². The van der Waals surface area contributed by atoms with Gasteiger partial charge in [0.05, 0.1) is 26.9 Å². The Labute approximate surface area is 240 Å². The van der Waals surface area contributed by atoms with Crippen molar-refractivity contribution in [2.45, 2.75) is 60.6 Å². The number of ether oxygens (including phenoxy) is 3. The lowest BCUT2D eigenvalue weighted by atomic mass is 10.2. The third-order valence-corrected chi connectivity index (χ3v) is 5.15. The van der Waals surface area contributed by atoms with E-state index in [9.17, 15) is 14.4 Å². The monoisotopic (exact) mass is 559 g/mol. The summed E-state index contributed by atoms with van der Waals surface area (Å²) in [5, 5.41) is 5.09. The highest BCUT2D eigenvalue weighted by molar-refractivity contribution is 5.89. The van der Waals surface area contributed by atoms with Crippen LogP contribution in [0.1, 0.15) is 52.2 Å². The number of hydrogen-bond donors (Lipinski definition) is 2. The molecule has 1 aliphatic rings. The Morgan fingerprint density at radius 2 is 1.55 bits per heavy atom. The molecule has 1 saturated heterocycles. The molecule has 2 amide bonds. The number of methoxy groups -OCH3 is 1. The average molecular weight is 560 g/mol. The second kappa shape index (κ2) is 23.5. The third-order valence-electron chi connectivity index (χ3n) is 5.15. The number of nitrogens with zero attached hydrogens (tertiary/aromatic N) is 1. The second-order valence-electron chi connectivity index (χ2n) is 8.77. The molecule has 9 heteroatoms. The Morgan fingerprint density at radius 1 is 0.975 bits per heavy atom. The zero-order valence-corrected chi connectivity index (χ0v) is 25.3. The molecule has 0 radical (unpaired) electrons. The van der Waals surface area contributed by atoms with E-state index in [1.165, 1.54) is 12.0 Å². The van der Waals surface area contributed by atoms with Crippen molar-refractivity contribution in [1.82, 2.24) is 15.5 Å². The number of carbonyl (C=O) groups excluding carboxylic acids is 3. The minimum Gasteiger partial charge on any atom is -0.497 e. The molecule has 0 saturated carbocycles. The van der Waals surface area contributed by atoms with Crippen molar-refractivity contribution in [1.29, 1.82) is 0 Å². The number of morpholine rings is 1. The number of hydrogen-bond acceptors (Lipinski definition) is 7. The van der Waals surface area contributed by atoms with Crippen LogP contribution in [0.4, 0.5) is 0 Å². The Morgan fingerprint density at radius 3 is 2.10 bits per heavy atom. The maximum Gasteiger partial charge on any atom is 0.325 e. The molecule has 1 heterocycles. The fourth-order valence-electron chi connectivity index (χ4n) is 3.09. The normalized spacial score (nSPS) is 12.9. The van der Waals surface area contributed by atoms with E-state index in [0.29, 0.717) is 26.3 Å². The SMILES string of the molecule is CC.CC(NC(=O)CN1CCOCC1)C(=O)NCC(=O)OCc1ccccc1.CCC.COc1ccc(C)cc1. The summed E-state index contributed by atoms with van der Waals surface area (Å²) >= 11 is 0. The van der Waals surface area contributed by atoms with Gasteiger partial charge < -0.3 is 24.8 Å². The highest BCUT2D eigenvalue weighted by Crippen LogP contribution is 2.09. The molecule has 0 bridgehead atoms. The van der Waals surface area contributed by atoms with E-state index < -0.39 is 17.9 Å². The number of esters is 1. The Hall–Kier alpha value is -3.43. The van der Waals surface area contributed by atoms with Gasteiger partial charge in [0.2, 0.25) is 11.8 Å². The van der Waals surface area contributed by atoms with Gasteiger partial charge in [0.1, 0.15) is 24.9 Å². The summed E-state index contributed by atoms with van der Waals surface area (Å²) in [6, 6.07) is 16.5. The molecule has 0 aromatic heterocycles. The Kier molecular flexibility index (Phi) is 21.4. The highest BCUT2D eigenvalue weighted by Gasteiger charge is 2.19. The van der Waals surface area contributed by atoms with E-state index in [0.717, 1.165) is 11.3 Å². The molecule has 3 rings (SSSR count). The molecule has 224 valence electrons. The van der Waals surface area contributed by atoms with Crippen molar-refractivity contribution in [3.8, 4) is 5.75 Å². The number of amides is 2. The van der Waals surface area contributed by atoms with Crippen molar-refractivity contribution in [3.05, 3.63) is 65.7 Å². The standard InChI is InChI=1S/C18H25N3O5.C8H10O.C3H8.C2H6/c1-14(20-16(22)12-21-7-9-25-10-8-21)18(24)19-11-17(23)26-13-15-5-3-2-4-6-15;1-7-3-5-8(9-2)6-4-7;1-3-2;1-2/h2-6,14H,7-13H2,1H3,(H,19,24)(H,20,22);3-6H,1-2H3;3H2,1-2H3;1-2H3. The van der Waals surface area contributed by atoms with Crippen molar-refractivity contribution in [2.24, 2.45) is 0 Å². The van der Waals surface area contributed by atoms with E-state index in [-0.39, 0.29) is 25.6 Å². The first kappa shape index (κ1) is 36.6. The lowest BCUT2D eigenvalue weighted by Crippen LogP contribution is -2.50. The predicted molar refractivity (Wildman–Crippen MR) is 159 cm³/mol. The van der Waals surface area contributed by atoms with E-state index >= 15 is 0 Å². The second-order valence-corrected chi connectivity index (χ2v) is 8.77. The smallest absolute Gasteiger partial charge is 0.325 e. The molecule has 0 spiro atoms. The predicted octanol–water partition coefficient (Wildman–Crippen LogP) is 4.13. The lowest BCUT2D eigenvalue weighted by Gasteiger charge is -2.26. The number of carbonyl (C=O) groups is 3. The van der Waals surface area contributed by atoms with Crippen LogP contribution in [0.3, 0.4) is 0 Å². The zero-order valence-electron chi connectivity index (χ0n) is 25.3. The quantitative estimate of drug-likeness (QED) is 0.445. The summed E-state index contributed by atoms with van der Waals surface area (Å²) in [6.07, 6.45) is 1.25. The minimum absolute atomic E-state index is 0.154. The molecule has 1 fully saturated rings. The molecule has 1 aliphatic heterocycles. The first-order valence-electron chi connectivity index (χ1n) is 14.0. The largest absolute Gasteiger partial charge is 0.497 e. The van der Waals surface area contributed by atoms with Crippen LogP contribution in [0.25, 0.3) is 0 Å². The average Bonchev–Trinajstić information content (AvgIpc) is 2.98. The van der Waals surface area contributed by atoms with Crippen LogP contribution in [0.5, 0.6) is 5.75 Å². The molecular weight excluding hydrogens is 510 g/mol. The summed E-state index contributed by atoms with van der Waals surface area (Å²) in [5.41, 5.74) is 2.13. The van der Waals surface area contributed by atoms with Crippen LogP contribution in [-0.4, -0.2) is 75.2 Å². The van der Waals surface area contributed by atoms with Crippen LogP contribution >= 0.6 is 0 Å². The van der Waals surface area contributed by atoms with Gasteiger partial charge >= 0.3 is 5.97 Å². The molecule has 2 aromatic carbocycles.